The van der Waals surface area contributed by atoms with Crippen molar-refractivity contribution in [3.8, 4) is 0 Å². The second kappa shape index (κ2) is 5.82. The van der Waals surface area contributed by atoms with Crippen molar-refractivity contribution >= 4 is 17.2 Å². The molecule has 1 aromatic heterocycles. The Kier molecular flexibility index (Phi) is 4.37. The van der Waals surface area contributed by atoms with E-state index in [1.54, 1.807) is 0 Å². The third kappa shape index (κ3) is 2.74. The first-order valence-corrected chi connectivity index (χ1v) is 7.34. The van der Waals surface area contributed by atoms with Crippen molar-refractivity contribution in [3.05, 3.63) is 21.9 Å². The molecule has 0 bridgehead atoms. The zero-order valence-corrected chi connectivity index (χ0v) is 11.8. The van der Waals surface area contributed by atoms with Gasteiger partial charge in [0.2, 0.25) is 0 Å². The number of rotatable bonds is 3. The third-order valence-electron chi connectivity index (χ3n) is 3.81. The van der Waals surface area contributed by atoms with E-state index >= 15 is 0 Å². The van der Waals surface area contributed by atoms with Gasteiger partial charge in [-0.05, 0) is 43.7 Å². The lowest BCUT2D eigenvalue weighted by molar-refractivity contribution is 0.0911. The van der Waals surface area contributed by atoms with Crippen LogP contribution in [-0.4, -0.2) is 22.9 Å². The summed E-state index contributed by atoms with van der Waals surface area (Å²) >= 11 is 1.45. The van der Waals surface area contributed by atoms with Crippen molar-refractivity contribution in [1.29, 1.82) is 0 Å². The van der Waals surface area contributed by atoms with Crippen molar-refractivity contribution in [2.45, 2.75) is 51.7 Å². The molecule has 100 valence electrons. The summed E-state index contributed by atoms with van der Waals surface area (Å²) in [7, 11) is 0. The Hall–Kier alpha value is -0.910. The van der Waals surface area contributed by atoms with Crippen LogP contribution in [0.5, 0.6) is 0 Å². The molecule has 1 aromatic rings. The molecular formula is C13H21N3OS. The molecule has 5 heteroatoms. The molecule has 0 aliphatic carbocycles. The molecule has 2 atom stereocenters. The number of thiophene rings is 1. The first-order valence-electron chi connectivity index (χ1n) is 6.46. The first-order chi connectivity index (χ1) is 8.63. The van der Waals surface area contributed by atoms with E-state index in [0.29, 0.717) is 12.1 Å². The zero-order valence-electron chi connectivity index (χ0n) is 11.0. The molecule has 2 heterocycles. The van der Waals surface area contributed by atoms with E-state index in [9.17, 15) is 4.79 Å². The Balaban J connectivity index is 2.13. The van der Waals surface area contributed by atoms with Crippen molar-refractivity contribution < 1.29 is 4.79 Å². The van der Waals surface area contributed by atoms with Crippen molar-refractivity contribution in [2.75, 3.05) is 0 Å². The molecule has 1 aliphatic rings. The predicted molar refractivity (Wildman–Crippen MR) is 74.3 cm³/mol. The van der Waals surface area contributed by atoms with Crippen LogP contribution in [0.1, 0.15) is 48.3 Å². The SMILES string of the molecule is CC1CCCC(C)N1Cc1ccsc1C(=O)NN. The maximum absolute atomic E-state index is 11.7. The number of nitrogens with two attached hydrogens (primary N) is 1. The van der Waals surface area contributed by atoms with E-state index < -0.39 is 0 Å². The van der Waals surface area contributed by atoms with E-state index in [1.165, 1.54) is 30.6 Å². The van der Waals surface area contributed by atoms with Gasteiger partial charge < -0.3 is 0 Å². The van der Waals surface area contributed by atoms with E-state index in [2.05, 4.69) is 24.2 Å². The fourth-order valence-electron chi connectivity index (χ4n) is 2.71. The topological polar surface area (TPSA) is 58.4 Å². The Morgan fingerprint density at radius 2 is 2.17 bits per heavy atom. The highest BCUT2D eigenvalue weighted by atomic mass is 32.1. The quantitative estimate of drug-likeness (QED) is 0.501. The van der Waals surface area contributed by atoms with Crippen molar-refractivity contribution in [3.63, 3.8) is 0 Å². The average Bonchev–Trinajstić information content (AvgIpc) is 2.81. The lowest BCUT2D eigenvalue weighted by Crippen LogP contribution is -2.43. The van der Waals surface area contributed by atoms with E-state index in [-0.39, 0.29) is 5.91 Å². The van der Waals surface area contributed by atoms with Crippen LogP contribution in [0.4, 0.5) is 0 Å². The summed E-state index contributed by atoms with van der Waals surface area (Å²) in [5.74, 6) is 5.03. The van der Waals surface area contributed by atoms with Crippen LogP contribution in [0.3, 0.4) is 0 Å². The average molecular weight is 267 g/mol. The normalized spacial score (nSPS) is 25.1. The number of hydrazine groups is 1. The summed E-state index contributed by atoms with van der Waals surface area (Å²) in [6.07, 6.45) is 3.79. The van der Waals surface area contributed by atoms with Crippen LogP contribution in [0.2, 0.25) is 0 Å². The maximum Gasteiger partial charge on any atom is 0.275 e. The van der Waals surface area contributed by atoms with Crippen molar-refractivity contribution in [2.24, 2.45) is 5.84 Å². The summed E-state index contributed by atoms with van der Waals surface area (Å²) in [5, 5.41) is 1.96. The van der Waals surface area contributed by atoms with Gasteiger partial charge in [-0.1, -0.05) is 6.42 Å². The zero-order chi connectivity index (χ0) is 13.1. The van der Waals surface area contributed by atoms with Gasteiger partial charge in [0.25, 0.3) is 5.91 Å². The van der Waals surface area contributed by atoms with Gasteiger partial charge in [-0.2, -0.15) is 0 Å². The maximum atomic E-state index is 11.7. The van der Waals surface area contributed by atoms with E-state index in [4.69, 9.17) is 5.84 Å². The Morgan fingerprint density at radius 1 is 1.50 bits per heavy atom. The summed E-state index contributed by atoms with van der Waals surface area (Å²) < 4.78 is 0. The molecule has 1 aliphatic heterocycles. The van der Waals surface area contributed by atoms with Gasteiger partial charge in [0, 0.05) is 18.6 Å². The van der Waals surface area contributed by atoms with E-state index in [0.717, 1.165) is 17.0 Å². The molecule has 1 saturated heterocycles. The highest BCUT2D eigenvalue weighted by Crippen LogP contribution is 2.27. The lowest BCUT2D eigenvalue weighted by atomic mass is 9.97. The minimum Gasteiger partial charge on any atom is -0.294 e. The number of carbonyl (C=O) groups excluding carboxylic acids is 1. The van der Waals surface area contributed by atoms with Crippen LogP contribution in [0.25, 0.3) is 0 Å². The Morgan fingerprint density at radius 3 is 2.78 bits per heavy atom. The minimum absolute atomic E-state index is 0.183. The minimum atomic E-state index is -0.183. The van der Waals surface area contributed by atoms with Gasteiger partial charge >= 0.3 is 0 Å². The number of hydrogen-bond acceptors (Lipinski definition) is 4. The van der Waals surface area contributed by atoms with Crippen LogP contribution >= 0.6 is 11.3 Å². The molecule has 4 nitrogen and oxygen atoms in total. The molecule has 1 amide bonds. The molecule has 3 N–H and O–H groups in total. The number of nitrogens with zero attached hydrogens (tertiary/aromatic N) is 1. The molecule has 2 rings (SSSR count). The molecular weight excluding hydrogens is 246 g/mol. The number of amides is 1. The van der Waals surface area contributed by atoms with Crippen molar-refractivity contribution in [1.82, 2.24) is 10.3 Å². The van der Waals surface area contributed by atoms with E-state index in [1.807, 2.05) is 11.4 Å². The standard InChI is InChI=1S/C13H21N3OS/c1-9-4-3-5-10(2)16(9)8-11-6-7-18-12(11)13(17)15-14/h6-7,9-10H,3-5,8,14H2,1-2H3,(H,15,17). The first kappa shape index (κ1) is 13.5. The van der Waals surface area contributed by atoms with Crippen LogP contribution in [-0.2, 0) is 6.54 Å². The Bertz CT molecular complexity index is 408. The number of nitrogens with one attached hydrogen (secondary N) is 1. The fraction of sp³-hybridized carbons (Fsp3) is 0.615. The highest BCUT2D eigenvalue weighted by Gasteiger charge is 2.26. The smallest absolute Gasteiger partial charge is 0.275 e. The molecule has 2 unspecified atom stereocenters. The van der Waals surface area contributed by atoms with Gasteiger partial charge in [-0.3, -0.25) is 15.1 Å². The van der Waals surface area contributed by atoms with Crippen LogP contribution < -0.4 is 11.3 Å². The number of hydrogen-bond donors (Lipinski definition) is 2. The van der Waals surface area contributed by atoms with Gasteiger partial charge in [0.1, 0.15) is 0 Å². The molecule has 0 saturated carbocycles. The third-order valence-corrected chi connectivity index (χ3v) is 4.77. The summed E-state index contributed by atoms with van der Waals surface area (Å²) in [4.78, 5) is 14.9. The summed E-state index contributed by atoms with van der Waals surface area (Å²) in [5.41, 5.74) is 3.31. The number of nitrogen functional groups attached to an aromatic ring is 1. The van der Waals surface area contributed by atoms with Crippen LogP contribution in [0.15, 0.2) is 11.4 Å². The molecule has 0 radical (unpaired) electrons. The number of piperidine rings is 1. The molecule has 0 aromatic carbocycles. The second-order valence-electron chi connectivity index (χ2n) is 5.05. The van der Waals surface area contributed by atoms with Gasteiger partial charge in [-0.25, -0.2) is 5.84 Å². The predicted octanol–water partition coefficient (Wildman–Crippen LogP) is 2.11. The largest absolute Gasteiger partial charge is 0.294 e. The molecule has 1 fully saturated rings. The van der Waals surface area contributed by atoms with Gasteiger partial charge in [0.05, 0.1) is 4.88 Å². The second-order valence-corrected chi connectivity index (χ2v) is 5.97. The van der Waals surface area contributed by atoms with Gasteiger partial charge in [0.15, 0.2) is 0 Å². The molecule has 0 spiro atoms. The van der Waals surface area contributed by atoms with Gasteiger partial charge in [-0.15, -0.1) is 11.3 Å². The van der Waals surface area contributed by atoms with Crippen LogP contribution in [0, 0.1) is 0 Å². The summed E-state index contributed by atoms with van der Waals surface area (Å²) in [6, 6.07) is 3.20. The molecule has 18 heavy (non-hydrogen) atoms. The summed E-state index contributed by atoms with van der Waals surface area (Å²) in [6.45, 7) is 5.38. The lowest BCUT2D eigenvalue weighted by Gasteiger charge is -2.39. The fourth-order valence-corrected chi connectivity index (χ4v) is 3.53. The highest BCUT2D eigenvalue weighted by molar-refractivity contribution is 7.12. The number of carbonyl (C=O) groups is 1. The Labute approximate surface area is 112 Å². The monoisotopic (exact) mass is 267 g/mol. The number of likely N-dealkylation sites (tertiary alicyclic amines) is 1.